The summed E-state index contributed by atoms with van der Waals surface area (Å²) in [5.74, 6) is 1.77. The molecule has 3 aromatic rings. The molecule has 5 nitrogen and oxygen atoms in total. The van der Waals surface area contributed by atoms with Gasteiger partial charge in [0.25, 0.3) is 5.91 Å². The Balaban J connectivity index is 1.72. The van der Waals surface area contributed by atoms with Gasteiger partial charge in [-0.3, -0.25) is 9.69 Å². The number of phenols is 1. The molecular formula is C22H24N2O3. The van der Waals surface area contributed by atoms with Crippen molar-refractivity contribution in [3.63, 3.8) is 0 Å². The lowest BCUT2D eigenvalue weighted by Crippen LogP contribution is -2.34. The van der Waals surface area contributed by atoms with Gasteiger partial charge in [0, 0.05) is 12.1 Å². The van der Waals surface area contributed by atoms with Crippen LogP contribution in [-0.4, -0.2) is 36.6 Å². The first-order valence-electron chi connectivity index (χ1n) is 8.84. The maximum Gasteiger partial charge on any atom is 0.251 e. The molecule has 2 aromatic carbocycles. The molecule has 0 fully saturated rings. The zero-order chi connectivity index (χ0) is 19.4. The van der Waals surface area contributed by atoms with E-state index in [9.17, 15) is 9.90 Å². The number of benzene rings is 2. The molecule has 2 N–H and O–H groups in total. The zero-order valence-corrected chi connectivity index (χ0v) is 15.8. The quantitative estimate of drug-likeness (QED) is 0.694. The van der Waals surface area contributed by atoms with Crippen molar-refractivity contribution in [3.05, 3.63) is 77.7 Å². The van der Waals surface area contributed by atoms with E-state index in [4.69, 9.17) is 4.42 Å². The van der Waals surface area contributed by atoms with Crippen LogP contribution in [0.4, 0.5) is 0 Å². The minimum atomic E-state index is -0.134. The van der Waals surface area contributed by atoms with Crippen molar-refractivity contribution in [1.29, 1.82) is 0 Å². The van der Waals surface area contributed by atoms with Gasteiger partial charge in [0.15, 0.2) is 0 Å². The lowest BCUT2D eigenvalue weighted by atomic mass is 10.0. The Morgan fingerprint density at radius 1 is 1.07 bits per heavy atom. The summed E-state index contributed by atoms with van der Waals surface area (Å²) in [5.41, 5.74) is 2.46. The second-order valence-corrected chi connectivity index (χ2v) is 6.77. The fraction of sp³-hybridized carbons (Fsp3) is 0.227. The van der Waals surface area contributed by atoms with E-state index in [2.05, 4.69) is 5.32 Å². The summed E-state index contributed by atoms with van der Waals surface area (Å²) in [5, 5.41) is 12.4. The van der Waals surface area contributed by atoms with E-state index in [0.29, 0.717) is 12.1 Å². The molecule has 27 heavy (non-hydrogen) atoms. The van der Waals surface area contributed by atoms with Gasteiger partial charge in [-0.05, 0) is 68.5 Å². The Bertz CT molecular complexity index is 913. The highest BCUT2D eigenvalue weighted by atomic mass is 16.3. The minimum absolute atomic E-state index is 0.0390. The Morgan fingerprint density at radius 3 is 2.44 bits per heavy atom. The number of furan rings is 1. The van der Waals surface area contributed by atoms with Crippen molar-refractivity contribution in [2.24, 2.45) is 0 Å². The number of rotatable bonds is 6. The predicted molar refractivity (Wildman–Crippen MR) is 106 cm³/mol. The molecule has 1 amide bonds. The van der Waals surface area contributed by atoms with E-state index in [-0.39, 0.29) is 17.7 Å². The molecule has 3 rings (SSSR count). The zero-order valence-electron chi connectivity index (χ0n) is 15.8. The van der Waals surface area contributed by atoms with Gasteiger partial charge in [-0.25, -0.2) is 0 Å². The maximum absolute atomic E-state index is 12.6. The molecular weight excluding hydrogens is 340 g/mol. The Kier molecular flexibility index (Phi) is 5.62. The molecule has 0 unspecified atom stereocenters. The molecule has 0 bridgehead atoms. The van der Waals surface area contributed by atoms with Crippen LogP contribution in [0.5, 0.6) is 5.75 Å². The molecule has 0 aliphatic rings. The summed E-state index contributed by atoms with van der Waals surface area (Å²) in [6, 6.07) is 18.2. The number of carbonyl (C=O) groups excluding carboxylic acids is 1. The highest BCUT2D eigenvalue weighted by Gasteiger charge is 2.19. The van der Waals surface area contributed by atoms with Crippen LogP contribution < -0.4 is 5.32 Å². The third-order valence-electron chi connectivity index (χ3n) is 4.49. The Hall–Kier alpha value is -3.05. The SMILES string of the molecule is Cc1ccc([C@H](CNC(=O)c2cccc(-c3ccc(O)cc3)c2)N(C)C)o1. The number of aryl methyl sites for hydroxylation is 1. The van der Waals surface area contributed by atoms with Crippen molar-refractivity contribution in [2.45, 2.75) is 13.0 Å². The molecule has 0 saturated carbocycles. The van der Waals surface area contributed by atoms with Crippen molar-refractivity contribution in [2.75, 3.05) is 20.6 Å². The lowest BCUT2D eigenvalue weighted by molar-refractivity contribution is 0.0939. The smallest absolute Gasteiger partial charge is 0.251 e. The Morgan fingerprint density at radius 2 is 1.81 bits per heavy atom. The van der Waals surface area contributed by atoms with Gasteiger partial charge in [0.05, 0.1) is 6.04 Å². The van der Waals surface area contributed by atoms with Gasteiger partial charge in [0.1, 0.15) is 17.3 Å². The number of likely N-dealkylation sites (N-methyl/N-ethyl adjacent to an activating group) is 1. The average molecular weight is 364 g/mol. The number of amides is 1. The van der Waals surface area contributed by atoms with Crippen LogP contribution in [0.1, 0.15) is 27.9 Å². The van der Waals surface area contributed by atoms with Crippen molar-refractivity contribution < 1.29 is 14.3 Å². The van der Waals surface area contributed by atoms with Gasteiger partial charge < -0.3 is 14.8 Å². The highest BCUT2D eigenvalue weighted by molar-refractivity contribution is 5.95. The molecule has 1 aromatic heterocycles. The molecule has 5 heteroatoms. The van der Waals surface area contributed by atoms with Crippen molar-refractivity contribution in [3.8, 4) is 16.9 Å². The Labute approximate surface area is 159 Å². The minimum Gasteiger partial charge on any atom is -0.508 e. The summed E-state index contributed by atoms with van der Waals surface area (Å²) in [6.07, 6.45) is 0. The average Bonchev–Trinajstić information content (AvgIpc) is 3.08. The monoisotopic (exact) mass is 364 g/mol. The maximum atomic E-state index is 12.6. The fourth-order valence-corrected chi connectivity index (χ4v) is 2.96. The number of hydrogen-bond donors (Lipinski definition) is 2. The molecule has 0 radical (unpaired) electrons. The van der Waals surface area contributed by atoms with Crippen LogP contribution in [0.2, 0.25) is 0 Å². The number of hydrogen-bond acceptors (Lipinski definition) is 4. The van der Waals surface area contributed by atoms with Crippen molar-refractivity contribution in [1.82, 2.24) is 10.2 Å². The summed E-state index contributed by atoms with van der Waals surface area (Å²) in [7, 11) is 3.92. The lowest BCUT2D eigenvalue weighted by Gasteiger charge is -2.22. The van der Waals surface area contributed by atoms with Gasteiger partial charge in [-0.15, -0.1) is 0 Å². The first kappa shape index (κ1) is 18.7. The number of aromatic hydroxyl groups is 1. The van der Waals surface area contributed by atoms with Crippen LogP contribution in [0.25, 0.3) is 11.1 Å². The topological polar surface area (TPSA) is 65.7 Å². The van der Waals surface area contributed by atoms with Gasteiger partial charge in [-0.1, -0.05) is 24.3 Å². The van der Waals surface area contributed by atoms with Crippen LogP contribution in [0.3, 0.4) is 0 Å². The molecule has 140 valence electrons. The third-order valence-corrected chi connectivity index (χ3v) is 4.49. The number of phenolic OH excluding ortho intramolecular Hbond substituents is 1. The largest absolute Gasteiger partial charge is 0.508 e. The second kappa shape index (κ2) is 8.10. The summed E-state index contributed by atoms with van der Waals surface area (Å²) >= 11 is 0. The van der Waals surface area contributed by atoms with Crippen LogP contribution >= 0.6 is 0 Å². The van der Waals surface area contributed by atoms with Crippen LogP contribution in [0.15, 0.2) is 65.1 Å². The van der Waals surface area contributed by atoms with E-state index >= 15 is 0 Å². The van der Waals surface area contributed by atoms with Gasteiger partial charge >= 0.3 is 0 Å². The van der Waals surface area contributed by atoms with E-state index < -0.39 is 0 Å². The number of nitrogens with one attached hydrogen (secondary N) is 1. The predicted octanol–water partition coefficient (Wildman–Crippen LogP) is 3.99. The molecule has 0 aliphatic heterocycles. The van der Waals surface area contributed by atoms with Crippen molar-refractivity contribution >= 4 is 5.91 Å². The van der Waals surface area contributed by atoms with Gasteiger partial charge in [0.2, 0.25) is 0 Å². The summed E-state index contributed by atoms with van der Waals surface area (Å²) < 4.78 is 5.72. The first-order chi connectivity index (χ1) is 12.9. The summed E-state index contributed by atoms with van der Waals surface area (Å²) in [6.45, 7) is 2.35. The van der Waals surface area contributed by atoms with Crippen LogP contribution in [0, 0.1) is 6.92 Å². The summed E-state index contributed by atoms with van der Waals surface area (Å²) in [4.78, 5) is 14.7. The van der Waals surface area contributed by atoms with E-state index in [1.54, 1.807) is 18.2 Å². The standard InChI is InChI=1S/C22H24N2O3/c1-15-7-12-21(27-15)20(24(2)3)14-23-22(26)18-6-4-5-17(13-18)16-8-10-19(25)11-9-16/h4-13,20,25H,14H2,1-3H3,(H,23,26)/t20-/m0/s1. The second-order valence-electron chi connectivity index (χ2n) is 6.77. The molecule has 1 heterocycles. The number of carbonyl (C=O) groups is 1. The molecule has 0 spiro atoms. The molecule has 0 aliphatic carbocycles. The highest BCUT2D eigenvalue weighted by Crippen LogP contribution is 2.23. The molecule has 0 saturated heterocycles. The molecule has 1 atom stereocenters. The van der Waals surface area contributed by atoms with E-state index in [1.165, 1.54) is 0 Å². The first-order valence-corrected chi connectivity index (χ1v) is 8.84. The normalized spacial score (nSPS) is 12.1. The van der Waals surface area contributed by atoms with Gasteiger partial charge in [-0.2, -0.15) is 0 Å². The number of nitrogens with zero attached hydrogens (tertiary/aromatic N) is 1. The fourth-order valence-electron chi connectivity index (χ4n) is 2.96. The third kappa shape index (κ3) is 4.57. The van der Waals surface area contributed by atoms with Crippen LogP contribution in [-0.2, 0) is 0 Å². The van der Waals surface area contributed by atoms with E-state index in [0.717, 1.165) is 22.6 Å². The van der Waals surface area contributed by atoms with E-state index in [1.807, 2.05) is 68.4 Å².